The van der Waals surface area contributed by atoms with Crippen LogP contribution in [0.5, 0.6) is 5.88 Å². The molecule has 2 rings (SSSR count). The Hall–Kier alpha value is -2.31. The predicted octanol–water partition coefficient (Wildman–Crippen LogP) is 1.24. The van der Waals surface area contributed by atoms with Gasteiger partial charge in [-0.3, -0.25) is 4.79 Å². The van der Waals surface area contributed by atoms with Gasteiger partial charge in [-0.05, 0) is 19.9 Å². The summed E-state index contributed by atoms with van der Waals surface area (Å²) in [6.07, 6.45) is 1.70. The number of rotatable bonds is 4. The van der Waals surface area contributed by atoms with Gasteiger partial charge in [0.15, 0.2) is 0 Å². The summed E-state index contributed by atoms with van der Waals surface area (Å²) in [4.78, 5) is 31.2. The number of urea groups is 1. The average molecular weight is 320 g/mol. The van der Waals surface area contributed by atoms with Crippen LogP contribution in [0.3, 0.4) is 0 Å². The van der Waals surface area contributed by atoms with Crippen molar-refractivity contribution in [3.05, 3.63) is 23.9 Å². The first-order chi connectivity index (χ1) is 11.0. The number of ether oxygens (including phenoxy) is 1. The maximum atomic E-state index is 12.2. The van der Waals surface area contributed by atoms with Gasteiger partial charge in [0.2, 0.25) is 11.8 Å². The zero-order valence-corrected chi connectivity index (χ0v) is 13.9. The van der Waals surface area contributed by atoms with Crippen LogP contribution in [0.1, 0.15) is 26.3 Å². The highest BCUT2D eigenvalue weighted by Gasteiger charge is 2.22. The molecular weight excluding hydrogens is 296 g/mol. The zero-order valence-electron chi connectivity index (χ0n) is 13.9. The second-order valence-electron chi connectivity index (χ2n) is 5.79. The second-order valence-corrected chi connectivity index (χ2v) is 5.79. The smallest absolute Gasteiger partial charge is 0.317 e. The molecule has 1 fully saturated rings. The summed E-state index contributed by atoms with van der Waals surface area (Å²) in [5, 5.41) is 2.89. The predicted molar refractivity (Wildman–Crippen MR) is 86.1 cm³/mol. The lowest BCUT2D eigenvalue weighted by molar-refractivity contribution is -0.130. The standard InChI is InChI=1S/C16H24N4O3/c1-12(2)23-15-14(5-4-6-17-15)11-18-16(22)20-9-7-19(8-10-20)13(3)21/h4-6,12H,7-11H2,1-3H3,(H,18,22). The van der Waals surface area contributed by atoms with Crippen LogP contribution >= 0.6 is 0 Å². The SMILES string of the molecule is CC(=O)N1CCN(C(=O)NCc2cccnc2OC(C)C)CC1. The van der Waals surface area contributed by atoms with Crippen LogP contribution in [0.4, 0.5) is 4.79 Å². The number of pyridine rings is 1. The van der Waals surface area contributed by atoms with E-state index in [9.17, 15) is 9.59 Å². The van der Waals surface area contributed by atoms with Crippen molar-refractivity contribution in [3.8, 4) is 5.88 Å². The molecule has 0 spiro atoms. The minimum Gasteiger partial charge on any atom is -0.475 e. The van der Waals surface area contributed by atoms with Crippen molar-refractivity contribution in [2.45, 2.75) is 33.4 Å². The molecule has 0 saturated carbocycles. The molecule has 1 aliphatic heterocycles. The van der Waals surface area contributed by atoms with Gasteiger partial charge in [0, 0.05) is 51.4 Å². The molecule has 1 saturated heterocycles. The lowest BCUT2D eigenvalue weighted by atomic mass is 10.2. The number of carbonyl (C=O) groups excluding carboxylic acids is 2. The Morgan fingerprint density at radius 1 is 1.26 bits per heavy atom. The van der Waals surface area contributed by atoms with E-state index in [0.29, 0.717) is 38.6 Å². The summed E-state index contributed by atoms with van der Waals surface area (Å²) in [7, 11) is 0. The lowest BCUT2D eigenvalue weighted by Crippen LogP contribution is -2.52. The maximum Gasteiger partial charge on any atom is 0.317 e. The molecule has 7 heteroatoms. The maximum absolute atomic E-state index is 12.2. The van der Waals surface area contributed by atoms with Gasteiger partial charge in [0.05, 0.1) is 6.10 Å². The van der Waals surface area contributed by atoms with Crippen molar-refractivity contribution in [2.24, 2.45) is 0 Å². The monoisotopic (exact) mass is 320 g/mol. The normalized spacial score (nSPS) is 14.8. The molecular formula is C16H24N4O3. The minimum atomic E-state index is -0.132. The van der Waals surface area contributed by atoms with Gasteiger partial charge in [-0.1, -0.05) is 6.07 Å². The molecule has 1 aromatic heterocycles. The molecule has 0 aromatic carbocycles. The van der Waals surface area contributed by atoms with Gasteiger partial charge in [-0.15, -0.1) is 0 Å². The number of hydrogen-bond donors (Lipinski definition) is 1. The van der Waals surface area contributed by atoms with Crippen molar-refractivity contribution in [2.75, 3.05) is 26.2 Å². The van der Waals surface area contributed by atoms with Gasteiger partial charge in [0.1, 0.15) is 0 Å². The molecule has 0 bridgehead atoms. The summed E-state index contributed by atoms with van der Waals surface area (Å²) in [6.45, 7) is 8.05. The summed E-state index contributed by atoms with van der Waals surface area (Å²) in [6, 6.07) is 3.58. The Bertz CT molecular complexity index is 554. The van der Waals surface area contributed by atoms with E-state index in [1.165, 1.54) is 0 Å². The first kappa shape index (κ1) is 17.1. The molecule has 0 radical (unpaired) electrons. The fourth-order valence-corrected chi connectivity index (χ4v) is 2.40. The van der Waals surface area contributed by atoms with Gasteiger partial charge in [-0.25, -0.2) is 9.78 Å². The van der Waals surface area contributed by atoms with E-state index in [1.807, 2.05) is 26.0 Å². The van der Waals surface area contributed by atoms with Crippen LogP contribution in [-0.2, 0) is 11.3 Å². The van der Waals surface area contributed by atoms with E-state index < -0.39 is 0 Å². The molecule has 0 atom stereocenters. The Labute approximate surface area is 136 Å². The van der Waals surface area contributed by atoms with Crippen LogP contribution in [-0.4, -0.2) is 59.0 Å². The highest BCUT2D eigenvalue weighted by atomic mass is 16.5. The van der Waals surface area contributed by atoms with E-state index in [1.54, 1.807) is 22.9 Å². The molecule has 0 aliphatic carbocycles. The van der Waals surface area contributed by atoms with Gasteiger partial charge < -0.3 is 19.9 Å². The molecule has 1 aromatic rings. The van der Waals surface area contributed by atoms with E-state index in [-0.39, 0.29) is 18.0 Å². The molecule has 126 valence electrons. The second kappa shape index (κ2) is 7.80. The van der Waals surface area contributed by atoms with E-state index in [0.717, 1.165) is 5.56 Å². The number of aromatic nitrogens is 1. The van der Waals surface area contributed by atoms with Crippen molar-refractivity contribution >= 4 is 11.9 Å². The topological polar surface area (TPSA) is 74.8 Å². The molecule has 0 unspecified atom stereocenters. The zero-order chi connectivity index (χ0) is 16.8. The summed E-state index contributed by atoms with van der Waals surface area (Å²) in [5.74, 6) is 0.597. The van der Waals surface area contributed by atoms with Gasteiger partial charge in [0.25, 0.3) is 0 Å². The number of amides is 3. The summed E-state index contributed by atoms with van der Waals surface area (Å²) in [5.41, 5.74) is 0.844. The van der Waals surface area contributed by atoms with E-state index in [2.05, 4.69) is 10.3 Å². The van der Waals surface area contributed by atoms with Crippen LogP contribution in [0, 0.1) is 0 Å². The van der Waals surface area contributed by atoms with Crippen LogP contribution < -0.4 is 10.1 Å². The average Bonchev–Trinajstić information content (AvgIpc) is 2.53. The first-order valence-electron chi connectivity index (χ1n) is 7.86. The van der Waals surface area contributed by atoms with Crippen LogP contribution in [0.2, 0.25) is 0 Å². The molecule has 2 heterocycles. The van der Waals surface area contributed by atoms with E-state index in [4.69, 9.17) is 4.74 Å². The van der Waals surface area contributed by atoms with Gasteiger partial charge in [-0.2, -0.15) is 0 Å². The van der Waals surface area contributed by atoms with Crippen molar-refractivity contribution in [3.63, 3.8) is 0 Å². The quantitative estimate of drug-likeness (QED) is 0.906. The number of piperazine rings is 1. The number of carbonyl (C=O) groups is 2. The molecule has 1 N–H and O–H groups in total. The summed E-state index contributed by atoms with van der Waals surface area (Å²) >= 11 is 0. The largest absolute Gasteiger partial charge is 0.475 e. The Morgan fingerprint density at radius 2 is 1.91 bits per heavy atom. The van der Waals surface area contributed by atoms with Crippen molar-refractivity contribution in [1.82, 2.24) is 20.1 Å². The highest BCUT2D eigenvalue weighted by molar-refractivity contribution is 5.76. The third kappa shape index (κ3) is 4.84. The molecule has 7 nitrogen and oxygen atoms in total. The molecule has 23 heavy (non-hydrogen) atoms. The van der Waals surface area contributed by atoms with Gasteiger partial charge >= 0.3 is 6.03 Å². The van der Waals surface area contributed by atoms with E-state index >= 15 is 0 Å². The minimum absolute atomic E-state index is 0.0269. The van der Waals surface area contributed by atoms with Crippen molar-refractivity contribution in [1.29, 1.82) is 0 Å². The first-order valence-corrected chi connectivity index (χ1v) is 7.86. The third-order valence-electron chi connectivity index (χ3n) is 3.64. The van der Waals surface area contributed by atoms with Crippen LogP contribution in [0.25, 0.3) is 0 Å². The number of hydrogen-bond acceptors (Lipinski definition) is 4. The lowest BCUT2D eigenvalue weighted by Gasteiger charge is -2.34. The van der Waals surface area contributed by atoms with Crippen molar-refractivity contribution < 1.29 is 14.3 Å². The number of nitrogens with one attached hydrogen (secondary N) is 1. The fraction of sp³-hybridized carbons (Fsp3) is 0.562. The van der Waals surface area contributed by atoms with Crippen LogP contribution in [0.15, 0.2) is 18.3 Å². The Balaban J connectivity index is 1.87. The molecule has 1 aliphatic rings. The Kier molecular flexibility index (Phi) is 5.78. The highest BCUT2D eigenvalue weighted by Crippen LogP contribution is 2.15. The number of nitrogens with zero attached hydrogens (tertiary/aromatic N) is 3. The third-order valence-corrected chi connectivity index (χ3v) is 3.64. The fourth-order valence-electron chi connectivity index (χ4n) is 2.40. The summed E-state index contributed by atoms with van der Waals surface area (Å²) < 4.78 is 5.64. The molecule has 3 amide bonds. The Morgan fingerprint density at radius 3 is 2.52 bits per heavy atom.